The van der Waals surface area contributed by atoms with Gasteiger partial charge < -0.3 is 10.2 Å². The maximum absolute atomic E-state index is 3.71. The monoisotopic (exact) mass is 268 g/mol. The third kappa shape index (κ3) is 2.72. The molecule has 1 aliphatic heterocycles. The average Bonchev–Trinajstić information content (AvgIpc) is 2.48. The molecule has 1 aliphatic rings. The number of piperidine rings is 1. The number of nitrogens with one attached hydrogen (secondary N) is 1. The fraction of sp³-hybridized carbons (Fsp3) is 0.444. The van der Waals surface area contributed by atoms with Crippen LogP contribution in [0.1, 0.15) is 30.9 Å². The van der Waals surface area contributed by atoms with Crippen LogP contribution in [0.2, 0.25) is 0 Å². The van der Waals surface area contributed by atoms with Crippen LogP contribution in [0.3, 0.4) is 0 Å². The van der Waals surface area contributed by atoms with Gasteiger partial charge in [-0.05, 0) is 55.9 Å². The summed E-state index contributed by atoms with van der Waals surface area (Å²) in [6, 6.07) is 16.6. The first-order valence-electron chi connectivity index (χ1n) is 7.64. The molecule has 0 aliphatic carbocycles. The Morgan fingerprint density at radius 1 is 1.05 bits per heavy atom. The third-order valence-electron chi connectivity index (χ3n) is 4.40. The summed E-state index contributed by atoms with van der Waals surface area (Å²) < 4.78 is 0. The highest BCUT2D eigenvalue weighted by Gasteiger charge is 2.26. The highest BCUT2D eigenvalue weighted by molar-refractivity contribution is 5.83. The molecule has 2 heteroatoms. The Morgan fingerprint density at radius 3 is 2.55 bits per heavy atom. The number of hydrogen-bond acceptors (Lipinski definition) is 2. The zero-order chi connectivity index (χ0) is 13.9. The fourth-order valence-electron chi connectivity index (χ4n) is 3.43. The Bertz CT molecular complexity index is 570. The second-order valence-corrected chi connectivity index (χ2v) is 6.07. The van der Waals surface area contributed by atoms with Crippen LogP contribution >= 0.6 is 0 Å². The van der Waals surface area contributed by atoms with Crippen LogP contribution in [0.4, 0.5) is 0 Å². The van der Waals surface area contributed by atoms with Gasteiger partial charge in [0, 0.05) is 12.1 Å². The Hall–Kier alpha value is -1.38. The van der Waals surface area contributed by atoms with E-state index in [1.165, 1.54) is 35.6 Å². The highest BCUT2D eigenvalue weighted by Crippen LogP contribution is 2.29. The molecule has 1 N–H and O–H groups in total. The molecule has 2 unspecified atom stereocenters. The molecule has 1 heterocycles. The molecule has 3 rings (SSSR count). The van der Waals surface area contributed by atoms with Crippen molar-refractivity contribution in [1.29, 1.82) is 0 Å². The van der Waals surface area contributed by atoms with Crippen molar-refractivity contribution >= 4 is 10.8 Å². The van der Waals surface area contributed by atoms with E-state index in [2.05, 4.69) is 66.8 Å². The molecule has 2 nitrogen and oxygen atoms in total. The van der Waals surface area contributed by atoms with E-state index >= 15 is 0 Å². The summed E-state index contributed by atoms with van der Waals surface area (Å²) in [7, 11) is 4.38. The summed E-state index contributed by atoms with van der Waals surface area (Å²) in [6.07, 6.45) is 3.93. The molecule has 2 atom stereocenters. The highest BCUT2D eigenvalue weighted by atomic mass is 15.1. The van der Waals surface area contributed by atoms with Crippen molar-refractivity contribution in [3.05, 3.63) is 48.0 Å². The molecular formula is C18H24N2. The minimum absolute atomic E-state index is 0.458. The molecule has 0 bridgehead atoms. The maximum atomic E-state index is 3.71. The van der Waals surface area contributed by atoms with E-state index in [-0.39, 0.29) is 0 Å². The van der Waals surface area contributed by atoms with Gasteiger partial charge in [-0.25, -0.2) is 0 Å². The van der Waals surface area contributed by atoms with Gasteiger partial charge in [0.25, 0.3) is 0 Å². The van der Waals surface area contributed by atoms with Gasteiger partial charge in [-0.3, -0.25) is 0 Å². The predicted molar refractivity (Wildman–Crippen MR) is 86.0 cm³/mol. The normalized spacial score (nSPS) is 21.2. The van der Waals surface area contributed by atoms with Gasteiger partial charge in [0.15, 0.2) is 0 Å². The van der Waals surface area contributed by atoms with Gasteiger partial charge in [0.05, 0.1) is 0 Å². The van der Waals surface area contributed by atoms with Crippen LogP contribution in [0.15, 0.2) is 42.5 Å². The van der Waals surface area contributed by atoms with E-state index in [9.17, 15) is 0 Å². The standard InChI is InChI=1S/C18H24N2/c1-20(2)18(17-9-5-6-12-19-17)16-11-10-14-7-3-4-8-15(14)13-16/h3-4,7-8,10-11,13,17-19H,5-6,9,12H2,1-2H3. The summed E-state index contributed by atoms with van der Waals surface area (Å²) in [4.78, 5) is 2.35. The summed E-state index contributed by atoms with van der Waals surface area (Å²) in [5.41, 5.74) is 1.42. The lowest BCUT2D eigenvalue weighted by Gasteiger charge is -2.36. The topological polar surface area (TPSA) is 15.3 Å². The van der Waals surface area contributed by atoms with Crippen LogP contribution in [-0.4, -0.2) is 31.6 Å². The molecule has 1 fully saturated rings. The Labute approximate surface area is 121 Å². The number of likely N-dealkylation sites (N-methyl/N-ethyl adjacent to an activating group) is 1. The first-order chi connectivity index (χ1) is 9.75. The lowest BCUT2D eigenvalue weighted by atomic mass is 9.90. The van der Waals surface area contributed by atoms with E-state index in [1.54, 1.807) is 0 Å². The van der Waals surface area contributed by atoms with Crippen LogP contribution < -0.4 is 5.32 Å². The van der Waals surface area contributed by atoms with Crippen LogP contribution in [0.25, 0.3) is 10.8 Å². The van der Waals surface area contributed by atoms with Crippen molar-refractivity contribution in [2.75, 3.05) is 20.6 Å². The quantitative estimate of drug-likeness (QED) is 0.915. The zero-order valence-electron chi connectivity index (χ0n) is 12.5. The predicted octanol–water partition coefficient (Wildman–Crippen LogP) is 3.58. The van der Waals surface area contributed by atoms with Gasteiger partial charge in [0.2, 0.25) is 0 Å². The molecule has 0 aromatic heterocycles. The zero-order valence-corrected chi connectivity index (χ0v) is 12.5. The molecule has 0 spiro atoms. The van der Waals surface area contributed by atoms with E-state index < -0.39 is 0 Å². The molecule has 2 aromatic rings. The first kappa shape index (κ1) is 13.6. The molecular weight excluding hydrogens is 244 g/mol. The number of fused-ring (bicyclic) bond motifs is 1. The number of hydrogen-bond donors (Lipinski definition) is 1. The van der Waals surface area contributed by atoms with Crippen LogP contribution in [-0.2, 0) is 0 Å². The Balaban J connectivity index is 1.95. The average molecular weight is 268 g/mol. The molecule has 0 amide bonds. The molecule has 2 aromatic carbocycles. The second kappa shape index (κ2) is 5.94. The van der Waals surface area contributed by atoms with Gasteiger partial charge in [-0.2, -0.15) is 0 Å². The number of benzene rings is 2. The first-order valence-corrected chi connectivity index (χ1v) is 7.64. The largest absolute Gasteiger partial charge is 0.312 e. The second-order valence-electron chi connectivity index (χ2n) is 6.07. The Morgan fingerprint density at radius 2 is 1.85 bits per heavy atom. The summed E-state index contributed by atoms with van der Waals surface area (Å²) in [5.74, 6) is 0. The van der Waals surface area contributed by atoms with Gasteiger partial charge in [-0.15, -0.1) is 0 Å². The molecule has 0 radical (unpaired) electrons. The van der Waals surface area contributed by atoms with Crippen molar-refractivity contribution < 1.29 is 0 Å². The van der Waals surface area contributed by atoms with Gasteiger partial charge in [0.1, 0.15) is 0 Å². The van der Waals surface area contributed by atoms with Crippen molar-refractivity contribution in [3.63, 3.8) is 0 Å². The van der Waals surface area contributed by atoms with E-state index in [0.29, 0.717) is 12.1 Å². The fourth-order valence-corrected chi connectivity index (χ4v) is 3.43. The van der Waals surface area contributed by atoms with Crippen molar-refractivity contribution in [2.24, 2.45) is 0 Å². The van der Waals surface area contributed by atoms with Gasteiger partial charge in [-0.1, -0.05) is 42.8 Å². The van der Waals surface area contributed by atoms with Crippen molar-refractivity contribution in [1.82, 2.24) is 10.2 Å². The minimum atomic E-state index is 0.458. The lowest BCUT2D eigenvalue weighted by molar-refractivity contribution is 0.205. The SMILES string of the molecule is CN(C)C(c1ccc2ccccc2c1)C1CCCCN1. The van der Waals surface area contributed by atoms with Crippen molar-refractivity contribution in [3.8, 4) is 0 Å². The van der Waals surface area contributed by atoms with E-state index in [1.807, 2.05) is 0 Å². The minimum Gasteiger partial charge on any atom is -0.312 e. The Kier molecular flexibility index (Phi) is 4.04. The van der Waals surface area contributed by atoms with Crippen LogP contribution in [0, 0.1) is 0 Å². The smallest absolute Gasteiger partial charge is 0.0496 e. The number of rotatable bonds is 3. The van der Waals surface area contributed by atoms with Crippen molar-refractivity contribution in [2.45, 2.75) is 31.3 Å². The van der Waals surface area contributed by atoms with E-state index in [0.717, 1.165) is 6.54 Å². The third-order valence-corrected chi connectivity index (χ3v) is 4.40. The molecule has 20 heavy (non-hydrogen) atoms. The molecule has 1 saturated heterocycles. The summed E-state index contributed by atoms with van der Waals surface area (Å²) >= 11 is 0. The lowest BCUT2D eigenvalue weighted by Crippen LogP contribution is -2.44. The molecule has 106 valence electrons. The number of nitrogens with zero attached hydrogens (tertiary/aromatic N) is 1. The summed E-state index contributed by atoms with van der Waals surface area (Å²) in [5, 5.41) is 6.37. The van der Waals surface area contributed by atoms with Gasteiger partial charge >= 0.3 is 0 Å². The maximum Gasteiger partial charge on any atom is 0.0496 e. The summed E-state index contributed by atoms with van der Waals surface area (Å²) in [6.45, 7) is 1.16. The van der Waals surface area contributed by atoms with Crippen LogP contribution in [0.5, 0.6) is 0 Å². The molecule has 0 saturated carbocycles. The van der Waals surface area contributed by atoms with E-state index in [4.69, 9.17) is 0 Å².